The molecule has 1 aliphatic heterocycles. The zero-order valence-electron chi connectivity index (χ0n) is 11.9. The van der Waals surface area contributed by atoms with Crippen molar-refractivity contribution >= 4 is 15.8 Å². The van der Waals surface area contributed by atoms with Crippen LogP contribution in [0.15, 0.2) is 11.1 Å². The van der Waals surface area contributed by atoms with E-state index in [0.717, 1.165) is 6.42 Å². The summed E-state index contributed by atoms with van der Waals surface area (Å²) in [4.78, 5) is 0.0972. The van der Waals surface area contributed by atoms with Gasteiger partial charge in [-0.25, -0.2) is 8.42 Å². The Kier molecular flexibility index (Phi) is 4.66. The molecule has 0 aromatic carbocycles. The minimum absolute atomic E-state index is 0.0392. The highest BCUT2D eigenvalue weighted by Gasteiger charge is 2.32. The number of rotatable bonds is 5. The van der Waals surface area contributed by atoms with Crippen LogP contribution < -0.4 is 5.73 Å². The van der Waals surface area contributed by atoms with Crippen molar-refractivity contribution in [3.8, 4) is 0 Å². The van der Waals surface area contributed by atoms with Gasteiger partial charge in [-0.05, 0) is 19.3 Å². The number of sulfonamides is 1. The number of nitrogen functional groups attached to an aromatic ring is 1. The van der Waals surface area contributed by atoms with Crippen LogP contribution in [0.5, 0.6) is 0 Å². The van der Waals surface area contributed by atoms with Crippen LogP contribution in [0.2, 0.25) is 0 Å². The van der Waals surface area contributed by atoms with E-state index in [1.807, 2.05) is 6.92 Å². The minimum atomic E-state index is -3.60. The van der Waals surface area contributed by atoms with Crippen molar-refractivity contribution in [3.05, 3.63) is 6.20 Å². The molecule has 0 radical (unpaired) electrons. The Bertz CT molecular complexity index is 549. The molecule has 1 aliphatic rings. The number of anilines is 1. The molecule has 0 atom stereocenters. The maximum absolute atomic E-state index is 12.6. The smallest absolute Gasteiger partial charge is 0.248 e. The van der Waals surface area contributed by atoms with Gasteiger partial charge in [-0.2, -0.15) is 9.40 Å². The first-order chi connectivity index (χ1) is 9.46. The van der Waals surface area contributed by atoms with E-state index in [1.165, 1.54) is 10.5 Å². The van der Waals surface area contributed by atoms with Crippen LogP contribution >= 0.6 is 0 Å². The predicted octanol–water partition coefficient (Wildman–Crippen LogP) is 0.675. The predicted molar refractivity (Wildman–Crippen MR) is 75.7 cm³/mol. The summed E-state index contributed by atoms with van der Waals surface area (Å²) in [7, 11) is -2.00. The highest BCUT2D eigenvalue weighted by molar-refractivity contribution is 7.89. The fourth-order valence-electron chi connectivity index (χ4n) is 2.36. The second kappa shape index (κ2) is 6.11. The lowest BCUT2D eigenvalue weighted by Gasteiger charge is -2.30. The molecule has 0 bridgehead atoms. The van der Waals surface area contributed by atoms with E-state index >= 15 is 0 Å². The van der Waals surface area contributed by atoms with Gasteiger partial charge >= 0.3 is 0 Å². The summed E-state index contributed by atoms with van der Waals surface area (Å²) in [5, 5.41) is 4.06. The zero-order chi connectivity index (χ0) is 14.8. The molecule has 8 heteroatoms. The molecular weight excluding hydrogens is 280 g/mol. The average Bonchev–Trinajstić information content (AvgIpc) is 2.81. The SMILES string of the molecule is CCCn1cc(S(=O)(=O)N(C)C2CCOCC2)c(N)n1. The van der Waals surface area contributed by atoms with Gasteiger partial charge in [0.2, 0.25) is 10.0 Å². The van der Waals surface area contributed by atoms with Crippen LogP contribution in [0.4, 0.5) is 5.82 Å². The highest BCUT2D eigenvalue weighted by atomic mass is 32.2. The second-order valence-electron chi connectivity index (χ2n) is 5.01. The monoisotopic (exact) mass is 302 g/mol. The van der Waals surface area contributed by atoms with Gasteiger partial charge in [0.25, 0.3) is 0 Å². The number of nitrogens with zero attached hydrogens (tertiary/aromatic N) is 3. The van der Waals surface area contributed by atoms with Gasteiger partial charge < -0.3 is 10.5 Å². The molecule has 20 heavy (non-hydrogen) atoms. The fraction of sp³-hybridized carbons (Fsp3) is 0.750. The molecule has 0 aliphatic carbocycles. The third-order valence-electron chi connectivity index (χ3n) is 3.57. The first-order valence-electron chi connectivity index (χ1n) is 6.85. The van der Waals surface area contributed by atoms with Crippen molar-refractivity contribution in [2.75, 3.05) is 26.0 Å². The Morgan fingerprint density at radius 3 is 2.75 bits per heavy atom. The maximum Gasteiger partial charge on any atom is 0.248 e. The van der Waals surface area contributed by atoms with Gasteiger partial charge in [0.1, 0.15) is 4.90 Å². The van der Waals surface area contributed by atoms with Crippen LogP contribution in [-0.2, 0) is 21.3 Å². The third-order valence-corrected chi connectivity index (χ3v) is 5.50. The minimum Gasteiger partial charge on any atom is -0.381 e. The first kappa shape index (κ1) is 15.3. The van der Waals surface area contributed by atoms with E-state index in [0.29, 0.717) is 32.6 Å². The lowest BCUT2D eigenvalue weighted by Crippen LogP contribution is -2.40. The van der Waals surface area contributed by atoms with E-state index in [2.05, 4.69) is 5.10 Å². The van der Waals surface area contributed by atoms with Crippen molar-refractivity contribution in [3.63, 3.8) is 0 Å². The molecule has 114 valence electrons. The topological polar surface area (TPSA) is 90.5 Å². The van der Waals surface area contributed by atoms with E-state index in [1.54, 1.807) is 11.7 Å². The summed E-state index contributed by atoms with van der Waals surface area (Å²) in [5.41, 5.74) is 5.76. The van der Waals surface area contributed by atoms with Gasteiger partial charge in [-0.15, -0.1) is 0 Å². The maximum atomic E-state index is 12.6. The van der Waals surface area contributed by atoms with Gasteiger partial charge in [0.15, 0.2) is 5.82 Å². The molecule has 2 heterocycles. The lowest BCUT2D eigenvalue weighted by molar-refractivity contribution is 0.0632. The summed E-state index contributed by atoms with van der Waals surface area (Å²) < 4.78 is 33.5. The standard InChI is InChI=1S/C12H22N4O3S/c1-3-6-16-9-11(12(13)14-16)20(17,18)15(2)10-4-7-19-8-5-10/h9-10H,3-8H2,1-2H3,(H2,13,14). The Morgan fingerprint density at radius 1 is 1.50 bits per heavy atom. The van der Waals surface area contributed by atoms with Gasteiger partial charge in [0.05, 0.1) is 0 Å². The second-order valence-corrected chi connectivity index (χ2v) is 6.97. The molecule has 1 aromatic heterocycles. The molecule has 0 saturated carbocycles. The van der Waals surface area contributed by atoms with E-state index in [4.69, 9.17) is 10.5 Å². The van der Waals surface area contributed by atoms with Crippen molar-refractivity contribution < 1.29 is 13.2 Å². The number of hydrogen-bond donors (Lipinski definition) is 1. The molecule has 2 rings (SSSR count). The van der Waals surface area contributed by atoms with E-state index in [-0.39, 0.29) is 16.8 Å². The number of aromatic nitrogens is 2. The van der Waals surface area contributed by atoms with Gasteiger partial charge in [0, 0.05) is 39.0 Å². The van der Waals surface area contributed by atoms with Gasteiger partial charge in [-0.1, -0.05) is 6.92 Å². The summed E-state index contributed by atoms with van der Waals surface area (Å²) in [6.45, 7) is 3.84. The van der Waals surface area contributed by atoms with Crippen LogP contribution in [0.1, 0.15) is 26.2 Å². The highest BCUT2D eigenvalue weighted by Crippen LogP contribution is 2.25. The molecular formula is C12H22N4O3S. The Morgan fingerprint density at radius 2 is 2.15 bits per heavy atom. The number of ether oxygens (including phenoxy) is 1. The van der Waals surface area contributed by atoms with Crippen LogP contribution in [0, 0.1) is 0 Å². The van der Waals surface area contributed by atoms with Crippen LogP contribution in [0.3, 0.4) is 0 Å². The van der Waals surface area contributed by atoms with Crippen LogP contribution in [-0.4, -0.2) is 48.8 Å². The largest absolute Gasteiger partial charge is 0.381 e. The van der Waals surface area contributed by atoms with Gasteiger partial charge in [-0.3, -0.25) is 4.68 Å². The van der Waals surface area contributed by atoms with Crippen LogP contribution in [0.25, 0.3) is 0 Å². The van der Waals surface area contributed by atoms with Crippen molar-refractivity contribution in [2.24, 2.45) is 0 Å². The molecule has 1 saturated heterocycles. The van der Waals surface area contributed by atoms with E-state index < -0.39 is 10.0 Å². The van der Waals surface area contributed by atoms with Crippen molar-refractivity contribution in [1.29, 1.82) is 0 Å². The summed E-state index contributed by atoms with van der Waals surface area (Å²) >= 11 is 0. The zero-order valence-corrected chi connectivity index (χ0v) is 12.8. The summed E-state index contributed by atoms with van der Waals surface area (Å²) in [6, 6.07) is -0.0392. The quantitative estimate of drug-likeness (QED) is 0.863. The molecule has 0 amide bonds. The molecule has 1 fully saturated rings. The Hall–Kier alpha value is -1.12. The number of nitrogens with two attached hydrogens (primary N) is 1. The molecule has 0 spiro atoms. The van der Waals surface area contributed by atoms with E-state index in [9.17, 15) is 8.42 Å². The lowest BCUT2D eigenvalue weighted by atomic mass is 10.1. The normalized spacial score (nSPS) is 17.8. The molecule has 0 unspecified atom stereocenters. The molecule has 1 aromatic rings. The first-order valence-corrected chi connectivity index (χ1v) is 8.29. The average molecular weight is 302 g/mol. The van der Waals surface area contributed by atoms with Crippen molar-refractivity contribution in [2.45, 2.75) is 43.7 Å². The summed E-state index contributed by atoms with van der Waals surface area (Å²) in [6.07, 6.45) is 3.80. The molecule has 2 N–H and O–H groups in total. The summed E-state index contributed by atoms with van der Waals surface area (Å²) in [5.74, 6) is 0.0670. The fourth-order valence-corrected chi connectivity index (χ4v) is 3.83. The molecule has 7 nitrogen and oxygen atoms in total. The number of hydrogen-bond acceptors (Lipinski definition) is 5. The van der Waals surface area contributed by atoms with Crippen molar-refractivity contribution in [1.82, 2.24) is 14.1 Å². The Balaban J connectivity index is 2.24. The Labute approximate surface area is 119 Å². The number of aryl methyl sites for hydroxylation is 1. The third kappa shape index (κ3) is 2.97.